The zero-order valence-corrected chi connectivity index (χ0v) is 12.1. The van der Waals surface area contributed by atoms with E-state index in [0.29, 0.717) is 17.5 Å². The lowest BCUT2D eigenvalue weighted by molar-refractivity contribution is -0.120. The Labute approximate surface area is 120 Å². The smallest absolute Gasteiger partial charge is 0.226 e. The Morgan fingerprint density at radius 2 is 2.21 bits per heavy atom. The van der Waals surface area contributed by atoms with Crippen molar-refractivity contribution < 1.29 is 4.79 Å². The Morgan fingerprint density at radius 1 is 1.47 bits per heavy atom. The molecular weight excluding hydrogens is 262 g/mol. The van der Waals surface area contributed by atoms with E-state index in [1.54, 1.807) is 18.3 Å². The fourth-order valence-corrected chi connectivity index (χ4v) is 2.28. The van der Waals surface area contributed by atoms with Crippen LogP contribution in [-0.2, 0) is 11.2 Å². The zero-order chi connectivity index (χ0) is 13.0. The van der Waals surface area contributed by atoms with Crippen LogP contribution in [0.1, 0.15) is 38.3 Å². The van der Waals surface area contributed by atoms with E-state index >= 15 is 0 Å². The van der Waals surface area contributed by atoms with Gasteiger partial charge in [-0.05, 0) is 36.8 Å². The number of amides is 1. The number of aromatic nitrogens is 1. The summed E-state index contributed by atoms with van der Waals surface area (Å²) < 4.78 is 0. The van der Waals surface area contributed by atoms with Gasteiger partial charge >= 0.3 is 0 Å². The molecule has 19 heavy (non-hydrogen) atoms. The highest BCUT2D eigenvalue weighted by molar-refractivity contribution is 5.85. The molecule has 1 amide bonds. The molecule has 0 radical (unpaired) electrons. The Bertz CT molecular complexity index is 415. The summed E-state index contributed by atoms with van der Waals surface area (Å²) in [6.45, 7) is 3.01. The van der Waals surface area contributed by atoms with Crippen LogP contribution in [0.15, 0.2) is 18.3 Å². The Balaban J connectivity index is 0.00000180. The van der Waals surface area contributed by atoms with E-state index < -0.39 is 0 Å². The van der Waals surface area contributed by atoms with Crippen LogP contribution in [-0.4, -0.2) is 17.4 Å². The molecule has 1 aliphatic carbocycles. The highest BCUT2D eigenvalue weighted by atomic mass is 35.5. The molecule has 106 valence electrons. The van der Waals surface area contributed by atoms with Crippen molar-refractivity contribution in [3.05, 3.63) is 24.0 Å². The highest BCUT2D eigenvalue weighted by Crippen LogP contribution is 2.48. The number of nitrogens with zero attached hydrogens (tertiary/aromatic N) is 1. The number of pyridine rings is 1. The number of rotatable bonds is 6. The van der Waals surface area contributed by atoms with Crippen molar-refractivity contribution in [2.75, 3.05) is 12.3 Å². The van der Waals surface area contributed by atoms with Crippen LogP contribution < -0.4 is 11.1 Å². The van der Waals surface area contributed by atoms with Gasteiger partial charge in [0.05, 0.1) is 18.3 Å². The van der Waals surface area contributed by atoms with Crippen molar-refractivity contribution in [3.8, 4) is 0 Å². The van der Waals surface area contributed by atoms with Crippen LogP contribution in [0.2, 0.25) is 0 Å². The molecule has 0 atom stereocenters. The lowest BCUT2D eigenvalue weighted by atomic mass is 10.0. The number of carbonyl (C=O) groups is 1. The minimum atomic E-state index is 0. The van der Waals surface area contributed by atoms with Gasteiger partial charge in [0.1, 0.15) is 0 Å². The predicted molar refractivity (Wildman–Crippen MR) is 79.2 cm³/mol. The predicted octanol–water partition coefficient (Wildman–Crippen LogP) is 2.32. The minimum Gasteiger partial charge on any atom is -0.397 e. The zero-order valence-electron chi connectivity index (χ0n) is 11.3. The van der Waals surface area contributed by atoms with Gasteiger partial charge < -0.3 is 11.1 Å². The standard InChI is InChI=1S/C14H21N3O.ClH/c1-2-5-14(6-7-14)10-17-13(18)8-12-4-3-11(15)9-16-12;/h3-4,9H,2,5-8,10,15H2,1H3,(H,17,18);1H. The number of hydrogen-bond acceptors (Lipinski definition) is 3. The van der Waals surface area contributed by atoms with Crippen molar-refractivity contribution in [1.29, 1.82) is 0 Å². The van der Waals surface area contributed by atoms with Gasteiger partial charge in [-0.3, -0.25) is 9.78 Å². The maximum atomic E-state index is 11.8. The summed E-state index contributed by atoms with van der Waals surface area (Å²) in [5, 5.41) is 3.02. The van der Waals surface area contributed by atoms with Gasteiger partial charge in [-0.1, -0.05) is 13.3 Å². The first-order chi connectivity index (χ1) is 8.63. The maximum absolute atomic E-state index is 11.8. The maximum Gasteiger partial charge on any atom is 0.226 e. The second-order valence-corrected chi connectivity index (χ2v) is 5.29. The molecule has 0 unspecified atom stereocenters. The van der Waals surface area contributed by atoms with E-state index in [4.69, 9.17) is 5.73 Å². The molecule has 1 aromatic heterocycles. The topological polar surface area (TPSA) is 68.0 Å². The number of anilines is 1. The average Bonchev–Trinajstić information content (AvgIpc) is 3.11. The van der Waals surface area contributed by atoms with Gasteiger partial charge in [-0.15, -0.1) is 12.4 Å². The second kappa shape index (κ2) is 6.75. The van der Waals surface area contributed by atoms with Crippen LogP contribution in [0, 0.1) is 5.41 Å². The van der Waals surface area contributed by atoms with E-state index in [1.165, 1.54) is 25.7 Å². The van der Waals surface area contributed by atoms with Crippen LogP contribution in [0.5, 0.6) is 0 Å². The normalized spacial score (nSPS) is 15.4. The highest BCUT2D eigenvalue weighted by Gasteiger charge is 2.41. The first kappa shape index (κ1) is 15.8. The van der Waals surface area contributed by atoms with E-state index in [1.807, 2.05) is 0 Å². The molecule has 1 heterocycles. The van der Waals surface area contributed by atoms with Crippen molar-refractivity contribution in [2.45, 2.75) is 39.0 Å². The van der Waals surface area contributed by atoms with Crippen LogP contribution in [0.25, 0.3) is 0 Å². The number of hydrogen-bond donors (Lipinski definition) is 2. The third-order valence-corrected chi connectivity index (χ3v) is 3.59. The number of nitrogen functional groups attached to an aromatic ring is 1. The molecule has 0 spiro atoms. The van der Waals surface area contributed by atoms with Crippen molar-refractivity contribution in [3.63, 3.8) is 0 Å². The summed E-state index contributed by atoms with van der Waals surface area (Å²) >= 11 is 0. The quantitative estimate of drug-likeness (QED) is 0.842. The van der Waals surface area contributed by atoms with Crippen molar-refractivity contribution in [2.24, 2.45) is 5.41 Å². The van der Waals surface area contributed by atoms with Gasteiger partial charge in [0.2, 0.25) is 5.91 Å². The minimum absolute atomic E-state index is 0. The van der Waals surface area contributed by atoms with E-state index in [2.05, 4.69) is 17.2 Å². The SMILES string of the molecule is CCCC1(CNC(=O)Cc2ccc(N)cn2)CC1.Cl. The van der Waals surface area contributed by atoms with E-state index in [9.17, 15) is 4.79 Å². The number of halogens is 1. The van der Waals surface area contributed by atoms with E-state index in [-0.39, 0.29) is 18.3 Å². The molecule has 0 aliphatic heterocycles. The molecule has 1 saturated carbocycles. The summed E-state index contributed by atoms with van der Waals surface area (Å²) in [4.78, 5) is 15.9. The molecule has 0 aromatic carbocycles. The van der Waals surface area contributed by atoms with Gasteiger partial charge in [-0.25, -0.2) is 0 Å². The largest absolute Gasteiger partial charge is 0.397 e. The van der Waals surface area contributed by atoms with Crippen molar-refractivity contribution in [1.82, 2.24) is 10.3 Å². The molecule has 4 nitrogen and oxygen atoms in total. The van der Waals surface area contributed by atoms with E-state index in [0.717, 1.165) is 12.2 Å². The van der Waals surface area contributed by atoms with Crippen LogP contribution in [0.4, 0.5) is 5.69 Å². The third kappa shape index (κ3) is 4.71. The summed E-state index contributed by atoms with van der Waals surface area (Å²) in [7, 11) is 0. The Morgan fingerprint density at radius 3 is 2.74 bits per heavy atom. The Hall–Kier alpha value is -1.29. The fourth-order valence-electron chi connectivity index (χ4n) is 2.28. The summed E-state index contributed by atoms with van der Waals surface area (Å²) in [6.07, 6.45) is 6.83. The molecule has 1 fully saturated rings. The first-order valence-electron chi connectivity index (χ1n) is 6.61. The van der Waals surface area contributed by atoms with Gasteiger partial charge in [-0.2, -0.15) is 0 Å². The van der Waals surface area contributed by atoms with Crippen LogP contribution >= 0.6 is 12.4 Å². The lowest BCUT2D eigenvalue weighted by Crippen LogP contribution is -2.31. The Kier molecular flexibility index (Phi) is 5.60. The molecule has 1 aromatic rings. The number of carbonyl (C=O) groups excluding carboxylic acids is 1. The monoisotopic (exact) mass is 283 g/mol. The average molecular weight is 284 g/mol. The van der Waals surface area contributed by atoms with Crippen LogP contribution in [0.3, 0.4) is 0 Å². The summed E-state index contributed by atoms with van der Waals surface area (Å²) in [5.41, 5.74) is 7.34. The third-order valence-electron chi connectivity index (χ3n) is 3.59. The molecule has 5 heteroatoms. The molecule has 2 rings (SSSR count). The molecule has 0 saturated heterocycles. The summed E-state index contributed by atoms with van der Waals surface area (Å²) in [5.74, 6) is 0.0506. The summed E-state index contributed by atoms with van der Waals surface area (Å²) in [6, 6.07) is 3.57. The van der Waals surface area contributed by atoms with Crippen molar-refractivity contribution >= 4 is 24.0 Å². The fraction of sp³-hybridized carbons (Fsp3) is 0.571. The van der Waals surface area contributed by atoms with Gasteiger partial charge in [0.25, 0.3) is 0 Å². The number of nitrogens with two attached hydrogens (primary N) is 1. The molecule has 0 bridgehead atoms. The molecular formula is C14H22ClN3O. The second-order valence-electron chi connectivity index (χ2n) is 5.29. The number of nitrogens with one attached hydrogen (secondary N) is 1. The molecule has 1 aliphatic rings. The lowest BCUT2D eigenvalue weighted by Gasteiger charge is -2.14. The molecule has 3 N–H and O–H groups in total. The van der Waals surface area contributed by atoms with Gasteiger partial charge in [0, 0.05) is 12.2 Å². The van der Waals surface area contributed by atoms with Gasteiger partial charge in [0.15, 0.2) is 0 Å². The first-order valence-corrected chi connectivity index (χ1v) is 6.61.